The number of aromatic hydroxyl groups is 1. The maximum Gasteiger partial charge on any atom is 0.255 e. The Kier molecular flexibility index (Phi) is 4.30. The van der Waals surface area contributed by atoms with E-state index in [2.05, 4.69) is 0 Å². The van der Waals surface area contributed by atoms with Crippen LogP contribution < -0.4 is 5.73 Å². The van der Waals surface area contributed by atoms with Gasteiger partial charge in [0.25, 0.3) is 5.91 Å². The molecule has 3 aliphatic carbocycles. The Labute approximate surface area is 171 Å². The van der Waals surface area contributed by atoms with Crippen molar-refractivity contribution >= 4 is 23.2 Å². The summed E-state index contributed by atoms with van der Waals surface area (Å²) in [6.07, 6.45) is 0.379. The van der Waals surface area contributed by atoms with Crippen molar-refractivity contribution in [2.75, 3.05) is 14.1 Å². The van der Waals surface area contributed by atoms with Crippen molar-refractivity contribution in [2.24, 2.45) is 17.6 Å². The lowest BCUT2D eigenvalue weighted by Gasteiger charge is -2.50. The van der Waals surface area contributed by atoms with Gasteiger partial charge in [0, 0.05) is 11.5 Å². The first-order valence-electron chi connectivity index (χ1n) is 9.47. The molecule has 1 aromatic rings. The van der Waals surface area contributed by atoms with Gasteiger partial charge in [-0.05, 0) is 44.5 Å². The number of likely N-dealkylation sites (N-methyl/N-ethyl adjacent to an activating group) is 1. The topological polar surface area (TPSA) is 161 Å². The predicted molar refractivity (Wildman–Crippen MR) is 104 cm³/mol. The fraction of sp³-hybridized carbons (Fsp3) is 0.381. The second-order valence-electron chi connectivity index (χ2n) is 8.27. The third-order valence-electron chi connectivity index (χ3n) is 6.46. The van der Waals surface area contributed by atoms with Crippen molar-refractivity contribution in [3.63, 3.8) is 0 Å². The number of fused-ring (bicyclic) bond motifs is 3. The van der Waals surface area contributed by atoms with E-state index in [0.29, 0.717) is 12.0 Å². The van der Waals surface area contributed by atoms with E-state index in [9.17, 15) is 34.8 Å². The number of ketones is 2. The number of carbonyl (C=O) groups excluding carboxylic acids is 3. The highest BCUT2D eigenvalue weighted by Crippen LogP contribution is 2.52. The monoisotopic (exact) mass is 414 g/mol. The van der Waals surface area contributed by atoms with Gasteiger partial charge in [-0.3, -0.25) is 19.3 Å². The number of hydrogen-bond acceptors (Lipinski definition) is 8. The van der Waals surface area contributed by atoms with Gasteiger partial charge in [0.15, 0.2) is 11.4 Å². The quantitative estimate of drug-likeness (QED) is 0.421. The van der Waals surface area contributed by atoms with Crippen LogP contribution in [0.2, 0.25) is 0 Å². The number of nitrogens with two attached hydrogens (primary N) is 1. The summed E-state index contributed by atoms with van der Waals surface area (Å²) in [5, 5.41) is 43.1. The smallest absolute Gasteiger partial charge is 0.255 e. The van der Waals surface area contributed by atoms with Crippen LogP contribution >= 0.6 is 0 Å². The molecule has 9 heteroatoms. The molecule has 0 aliphatic heterocycles. The molecule has 1 saturated carbocycles. The van der Waals surface area contributed by atoms with E-state index < -0.39 is 58.0 Å². The first-order valence-corrected chi connectivity index (χ1v) is 9.47. The van der Waals surface area contributed by atoms with Crippen LogP contribution in [-0.2, 0) is 20.8 Å². The minimum Gasteiger partial charge on any atom is -0.508 e. The molecule has 0 saturated heterocycles. The average Bonchev–Trinajstić information content (AvgIpc) is 2.64. The molecule has 30 heavy (non-hydrogen) atoms. The lowest BCUT2D eigenvalue weighted by molar-refractivity contribution is -0.153. The van der Waals surface area contributed by atoms with E-state index in [1.54, 1.807) is 26.2 Å². The Morgan fingerprint density at radius 2 is 1.87 bits per heavy atom. The van der Waals surface area contributed by atoms with Gasteiger partial charge in [0.05, 0.1) is 11.6 Å². The summed E-state index contributed by atoms with van der Waals surface area (Å²) < 4.78 is 0. The number of rotatable bonds is 2. The Morgan fingerprint density at radius 1 is 1.20 bits per heavy atom. The van der Waals surface area contributed by atoms with Gasteiger partial charge >= 0.3 is 0 Å². The summed E-state index contributed by atoms with van der Waals surface area (Å²) in [6.45, 7) is 0. The molecule has 0 aromatic heterocycles. The molecule has 4 atom stereocenters. The Bertz CT molecular complexity index is 1070. The summed E-state index contributed by atoms with van der Waals surface area (Å²) in [6, 6.07) is 3.62. The first-order chi connectivity index (χ1) is 14.0. The summed E-state index contributed by atoms with van der Waals surface area (Å²) in [4.78, 5) is 39.7. The van der Waals surface area contributed by atoms with Crippen molar-refractivity contribution in [3.8, 4) is 5.75 Å². The Morgan fingerprint density at radius 3 is 2.47 bits per heavy atom. The van der Waals surface area contributed by atoms with Crippen LogP contribution in [-0.4, -0.2) is 68.5 Å². The van der Waals surface area contributed by atoms with E-state index >= 15 is 0 Å². The number of Topliss-reactive ketones (excluding diaryl/α,β-unsaturated/α-hetero) is 2. The van der Waals surface area contributed by atoms with Crippen LogP contribution in [0.5, 0.6) is 5.75 Å². The van der Waals surface area contributed by atoms with Gasteiger partial charge in [-0.15, -0.1) is 0 Å². The molecule has 0 radical (unpaired) electrons. The lowest BCUT2D eigenvalue weighted by Crippen LogP contribution is -2.65. The number of aliphatic hydroxyl groups excluding tert-OH is 2. The molecule has 4 rings (SSSR count). The second-order valence-corrected chi connectivity index (χ2v) is 8.27. The molecule has 9 nitrogen and oxygen atoms in total. The maximum absolute atomic E-state index is 13.5. The van der Waals surface area contributed by atoms with E-state index in [-0.39, 0.29) is 23.3 Å². The largest absolute Gasteiger partial charge is 0.508 e. The number of phenolic OH excluding ortho intramolecular Hbond substituents is 1. The molecule has 0 bridgehead atoms. The third kappa shape index (κ3) is 2.39. The van der Waals surface area contributed by atoms with E-state index in [4.69, 9.17) is 5.73 Å². The Hall–Kier alpha value is -3.17. The number of phenols is 1. The van der Waals surface area contributed by atoms with Crippen molar-refractivity contribution < 1.29 is 34.8 Å². The molecular formula is C21H22N2O7. The van der Waals surface area contributed by atoms with Crippen LogP contribution in [0.25, 0.3) is 5.76 Å². The minimum atomic E-state index is -2.60. The molecule has 1 unspecified atom stereocenters. The second kappa shape index (κ2) is 6.41. The zero-order chi connectivity index (χ0) is 22.1. The number of primary amides is 1. The SMILES string of the molecule is CN(C)C1C(=O)C(C(N)=O)=C(O)[C@@]2(O)C(=O)C3=C(O)c4c(O)cccc4C[C@H]3C[C@@H]12. The molecule has 0 heterocycles. The van der Waals surface area contributed by atoms with Gasteiger partial charge in [-0.2, -0.15) is 0 Å². The Balaban J connectivity index is 1.98. The third-order valence-corrected chi connectivity index (χ3v) is 6.46. The molecule has 6 N–H and O–H groups in total. The maximum atomic E-state index is 13.5. The first kappa shape index (κ1) is 20.1. The lowest BCUT2D eigenvalue weighted by atomic mass is 9.57. The molecular weight excluding hydrogens is 392 g/mol. The fourth-order valence-corrected chi connectivity index (χ4v) is 5.18. The molecule has 0 spiro atoms. The summed E-state index contributed by atoms with van der Waals surface area (Å²) in [7, 11) is 3.12. The average molecular weight is 414 g/mol. The molecule has 3 aliphatic rings. The van der Waals surface area contributed by atoms with E-state index in [1.807, 2.05) is 0 Å². The standard InChI is InChI=1S/C21H22N2O7/c1-23(2)15-10-7-9-6-8-4-3-5-11(24)12(8)16(25)13(9)18(27)21(10,30)19(28)14(17(15)26)20(22)29/h3-5,9-10,15,24-25,28,30H,6-7H2,1-2H3,(H2,22,29)/t9-,10-,15?,21-/m0/s1. The number of amides is 1. The molecule has 1 fully saturated rings. The minimum absolute atomic E-state index is 0.0847. The molecule has 1 amide bonds. The number of nitrogens with zero attached hydrogens (tertiary/aromatic N) is 1. The van der Waals surface area contributed by atoms with Crippen molar-refractivity contribution in [1.82, 2.24) is 4.90 Å². The number of aliphatic hydroxyl groups is 3. The van der Waals surface area contributed by atoms with Gasteiger partial charge in [-0.1, -0.05) is 12.1 Å². The van der Waals surface area contributed by atoms with Crippen molar-refractivity contribution in [2.45, 2.75) is 24.5 Å². The number of hydrogen-bond donors (Lipinski definition) is 5. The highest BCUT2D eigenvalue weighted by atomic mass is 16.3. The van der Waals surface area contributed by atoms with Crippen LogP contribution in [0.4, 0.5) is 0 Å². The van der Waals surface area contributed by atoms with Gasteiger partial charge in [0.2, 0.25) is 5.78 Å². The molecule has 158 valence electrons. The molecule has 1 aromatic carbocycles. The highest BCUT2D eigenvalue weighted by Gasteiger charge is 2.64. The summed E-state index contributed by atoms with van der Waals surface area (Å²) in [5.74, 6) is -6.43. The summed E-state index contributed by atoms with van der Waals surface area (Å²) >= 11 is 0. The van der Waals surface area contributed by atoms with Gasteiger partial charge < -0.3 is 26.2 Å². The zero-order valence-electron chi connectivity index (χ0n) is 16.4. The van der Waals surface area contributed by atoms with Crippen LogP contribution in [0.1, 0.15) is 17.5 Å². The van der Waals surface area contributed by atoms with E-state index in [0.717, 1.165) is 0 Å². The normalized spacial score (nSPS) is 30.9. The van der Waals surface area contributed by atoms with Crippen LogP contribution in [0.3, 0.4) is 0 Å². The zero-order valence-corrected chi connectivity index (χ0v) is 16.4. The number of carbonyl (C=O) groups is 3. The van der Waals surface area contributed by atoms with Crippen molar-refractivity contribution in [1.29, 1.82) is 0 Å². The van der Waals surface area contributed by atoms with Crippen LogP contribution in [0, 0.1) is 11.8 Å². The van der Waals surface area contributed by atoms with Gasteiger partial charge in [0.1, 0.15) is 22.8 Å². The number of benzene rings is 1. The van der Waals surface area contributed by atoms with Gasteiger partial charge in [-0.25, -0.2) is 0 Å². The van der Waals surface area contributed by atoms with Crippen molar-refractivity contribution in [3.05, 3.63) is 46.2 Å². The van der Waals surface area contributed by atoms with Crippen LogP contribution in [0.15, 0.2) is 35.1 Å². The fourth-order valence-electron chi connectivity index (χ4n) is 5.18. The predicted octanol–water partition coefficient (Wildman–Crippen LogP) is -0.0360. The highest BCUT2D eigenvalue weighted by molar-refractivity contribution is 6.24. The summed E-state index contributed by atoms with van der Waals surface area (Å²) in [5.41, 5.74) is 2.41. The van der Waals surface area contributed by atoms with E-state index in [1.165, 1.54) is 11.0 Å².